The SMILES string of the molecule is C=CN(C)/C(NC1=CC=CC(C(=C)N)N1)=C(\C(=C)c1ccccc1)c1ccccc1. The fourth-order valence-electron chi connectivity index (χ4n) is 3.21. The van der Waals surface area contributed by atoms with Crippen LogP contribution in [0.5, 0.6) is 0 Å². The summed E-state index contributed by atoms with van der Waals surface area (Å²) in [6.07, 6.45) is 7.66. The number of benzene rings is 2. The zero-order valence-electron chi connectivity index (χ0n) is 17.3. The van der Waals surface area contributed by atoms with Gasteiger partial charge in [-0.3, -0.25) is 0 Å². The van der Waals surface area contributed by atoms with Crippen LogP contribution in [0.15, 0.2) is 122 Å². The van der Waals surface area contributed by atoms with Crippen molar-refractivity contribution in [2.24, 2.45) is 5.73 Å². The molecule has 3 rings (SSSR count). The summed E-state index contributed by atoms with van der Waals surface area (Å²) >= 11 is 0. The zero-order chi connectivity index (χ0) is 21.5. The molecule has 1 aliphatic heterocycles. The Bertz CT molecular complexity index is 1010. The van der Waals surface area contributed by atoms with Crippen LogP contribution in [0.4, 0.5) is 0 Å². The summed E-state index contributed by atoms with van der Waals surface area (Å²) < 4.78 is 0. The van der Waals surface area contributed by atoms with Crippen LogP contribution < -0.4 is 16.4 Å². The Morgan fingerprint density at radius 2 is 1.63 bits per heavy atom. The number of rotatable bonds is 8. The molecule has 2 aromatic rings. The molecule has 0 amide bonds. The molecule has 0 aliphatic carbocycles. The summed E-state index contributed by atoms with van der Waals surface area (Å²) in [6.45, 7) is 12.2. The maximum Gasteiger partial charge on any atom is 0.119 e. The highest BCUT2D eigenvalue weighted by Gasteiger charge is 2.19. The quantitative estimate of drug-likeness (QED) is 0.572. The molecule has 152 valence electrons. The van der Waals surface area contributed by atoms with Crippen molar-refractivity contribution in [3.05, 3.63) is 133 Å². The second-order valence-electron chi connectivity index (χ2n) is 7.01. The monoisotopic (exact) mass is 396 g/mol. The van der Waals surface area contributed by atoms with Crippen LogP contribution in [0.1, 0.15) is 11.1 Å². The van der Waals surface area contributed by atoms with Crippen LogP contribution in [0.3, 0.4) is 0 Å². The standard InChI is InChI=1S/C26H28N4/c1-5-30(4)26(29-24-18-12-17-23(28-24)20(3)27)25(22-15-10-7-11-16-22)19(2)21-13-8-6-9-14-21/h5-18,23,28-29H,1-3,27H2,4H3/b26-25+. The fourth-order valence-corrected chi connectivity index (χ4v) is 3.21. The van der Waals surface area contributed by atoms with Gasteiger partial charge in [-0.25, -0.2) is 0 Å². The van der Waals surface area contributed by atoms with Gasteiger partial charge >= 0.3 is 0 Å². The smallest absolute Gasteiger partial charge is 0.119 e. The van der Waals surface area contributed by atoms with Gasteiger partial charge in [0.2, 0.25) is 0 Å². The molecule has 1 atom stereocenters. The van der Waals surface area contributed by atoms with E-state index in [2.05, 4.69) is 54.6 Å². The normalized spacial score (nSPS) is 15.9. The van der Waals surface area contributed by atoms with E-state index in [1.807, 2.05) is 66.6 Å². The average molecular weight is 397 g/mol. The first-order chi connectivity index (χ1) is 14.5. The summed E-state index contributed by atoms with van der Waals surface area (Å²) in [5.74, 6) is 1.66. The number of hydrogen-bond acceptors (Lipinski definition) is 4. The summed E-state index contributed by atoms with van der Waals surface area (Å²) in [7, 11) is 1.95. The molecule has 1 unspecified atom stereocenters. The molecule has 0 saturated carbocycles. The van der Waals surface area contributed by atoms with E-state index >= 15 is 0 Å². The molecule has 0 aromatic heterocycles. The molecular weight excluding hydrogens is 368 g/mol. The van der Waals surface area contributed by atoms with Gasteiger partial charge in [-0.05, 0) is 29.0 Å². The van der Waals surface area contributed by atoms with Gasteiger partial charge in [0.25, 0.3) is 0 Å². The van der Waals surface area contributed by atoms with Crippen LogP contribution in [-0.2, 0) is 0 Å². The molecule has 0 bridgehead atoms. The maximum atomic E-state index is 5.91. The van der Waals surface area contributed by atoms with Crippen molar-refractivity contribution < 1.29 is 0 Å². The van der Waals surface area contributed by atoms with E-state index in [-0.39, 0.29) is 6.04 Å². The fraction of sp³-hybridized carbons (Fsp3) is 0.0769. The molecule has 2 aromatic carbocycles. The lowest BCUT2D eigenvalue weighted by Crippen LogP contribution is -2.40. The first-order valence-electron chi connectivity index (χ1n) is 9.77. The molecule has 0 radical (unpaired) electrons. The van der Waals surface area contributed by atoms with Crippen molar-refractivity contribution in [3.63, 3.8) is 0 Å². The highest BCUT2D eigenvalue weighted by atomic mass is 15.3. The van der Waals surface area contributed by atoms with Crippen molar-refractivity contribution in [2.45, 2.75) is 6.04 Å². The summed E-state index contributed by atoms with van der Waals surface area (Å²) in [6, 6.07) is 20.2. The predicted molar refractivity (Wildman–Crippen MR) is 127 cm³/mol. The molecule has 4 N–H and O–H groups in total. The topological polar surface area (TPSA) is 53.3 Å². The largest absolute Gasteiger partial charge is 0.401 e. The molecule has 0 fully saturated rings. The van der Waals surface area contributed by atoms with Gasteiger partial charge < -0.3 is 21.3 Å². The van der Waals surface area contributed by atoms with E-state index in [1.54, 1.807) is 6.20 Å². The second kappa shape index (κ2) is 9.52. The van der Waals surface area contributed by atoms with Crippen molar-refractivity contribution in [1.82, 2.24) is 15.5 Å². The van der Waals surface area contributed by atoms with E-state index in [9.17, 15) is 0 Å². The van der Waals surface area contributed by atoms with E-state index < -0.39 is 0 Å². The van der Waals surface area contributed by atoms with Gasteiger partial charge in [0.15, 0.2) is 0 Å². The second-order valence-corrected chi connectivity index (χ2v) is 7.01. The average Bonchev–Trinajstić information content (AvgIpc) is 2.79. The molecule has 4 nitrogen and oxygen atoms in total. The summed E-state index contributed by atoms with van der Waals surface area (Å²) in [4.78, 5) is 1.95. The van der Waals surface area contributed by atoms with Crippen molar-refractivity contribution in [1.29, 1.82) is 0 Å². The number of nitrogens with two attached hydrogens (primary N) is 1. The molecule has 0 saturated heterocycles. The number of allylic oxidation sites excluding steroid dienone is 4. The van der Waals surface area contributed by atoms with Crippen LogP contribution in [0.2, 0.25) is 0 Å². The van der Waals surface area contributed by atoms with E-state index in [1.165, 1.54) is 0 Å². The molecule has 1 heterocycles. The van der Waals surface area contributed by atoms with E-state index in [4.69, 9.17) is 5.73 Å². The minimum Gasteiger partial charge on any atom is -0.401 e. The van der Waals surface area contributed by atoms with Gasteiger partial charge in [-0.15, -0.1) is 0 Å². The number of hydrogen-bond donors (Lipinski definition) is 3. The lowest BCUT2D eigenvalue weighted by Gasteiger charge is -2.29. The zero-order valence-corrected chi connectivity index (χ0v) is 17.3. The number of dihydropyridines is 1. The van der Waals surface area contributed by atoms with Crippen LogP contribution in [0, 0.1) is 0 Å². The van der Waals surface area contributed by atoms with Gasteiger partial charge in [-0.1, -0.05) is 92.6 Å². The lowest BCUT2D eigenvalue weighted by molar-refractivity contribution is 0.516. The molecular formula is C26H28N4. The third kappa shape index (κ3) is 4.73. The molecule has 4 heteroatoms. The Labute approximate surface area is 179 Å². The van der Waals surface area contributed by atoms with Crippen LogP contribution >= 0.6 is 0 Å². The maximum absolute atomic E-state index is 5.91. The van der Waals surface area contributed by atoms with Gasteiger partial charge in [0.1, 0.15) is 11.6 Å². The summed E-state index contributed by atoms with van der Waals surface area (Å²) in [5, 5.41) is 6.88. The Kier molecular flexibility index (Phi) is 6.60. The van der Waals surface area contributed by atoms with Gasteiger partial charge in [0, 0.05) is 18.3 Å². The van der Waals surface area contributed by atoms with Gasteiger partial charge in [0.05, 0.1) is 6.04 Å². The molecule has 30 heavy (non-hydrogen) atoms. The highest BCUT2D eigenvalue weighted by Crippen LogP contribution is 2.33. The Morgan fingerprint density at radius 1 is 1.03 bits per heavy atom. The van der Waals surface area contributed by atoms with Crippen molar-refractivity contribution in [2.75, 3.05) is 7.05 Å². The molecule has 0 spiro atoms. The van der Waals surface area contributed by atoms with E-state index in [0.717, 1.165) is 33.9 Å². The van der Waals surface area contributed by atoms with Crippen LogP contribution in [-0.4, -0.2) is 18.0 Å². The van der Waals surface area contributed by atoms with Crippen molar-refractivity contribution in [3.8, 4) is 0 Å². The minimum atomic E-state index is -0.134. The van der Waals surface area contributed by atoms with E-state index in [0.29, 0.717) is 5.70 Å². The minimum absolute atomic E-state index is 0.134. The number of nitrogens with one attached hydrogen (secondary N) is 2. The van der Waals surface area contributed by atoms with Crippen molar-refractivity contribution >= 4 is 11.1 Å². The molecule has 1 aliphatic rings. The lowest BCUT2D eigenvalue weighted by atomic mass is 9.93. The van der Waals surface area contributed by atoms with Gasteiger partial charge in [-0.2, -0.15) is 0 Å². The third-order valence-electron chi connectivity index (χ3n) is 4.88. The number of nitrogens with zero attached hydrogens (tertiary/aromatic N) is 1. The first kappa shape index (κ1) is 20.8. The van der Waals surface area contributed by atoms with Crippen LogP contribution in [0.25, 0.3) is 11.1 Å². The first-order valence-corrected chi connectivity index (χ1v) is 9.77. The Balaban J connectivity index is 2.12. The highest BCUT2D eigenvalue weighted by molar-refractivity contribution is 6.05. The Morgan fingerprint density at radius 3 is 2.20 bits per heavy atom. The predicted octanol–water partition coefficient (Wildman–Crippen LogP) is 4.58. The third-order valence-corrected chi connectivity index (χ3v) is 4.88. The summed E-state index contributed by atoms with van der Waals surface area (Å²) in [5.41, 5.74) is 10.4. The Hall–Kier alpha value is -3.92.